The molecule has 0 bridgehead atoms. The SMILES string of the molecule is COc1cccc2nc(C#CC3CN(C)C3)cc(Oc3ccc(-c4c(NC(=O)C5(C(N)=O)CC5)ccc(F)c4F)cc3)c12. The van der Waals surface area contributed by atoms with E-state index in [1.807, 2.05) is 25.2 Å². The monoisotopic (exact) mass is 582 g/mol. The number of hydrogen-bond acceptors (Lipinski definition) is 6. The zero-order chi connectivity index (χ0) is 30.3. The van der Waals surface area contributed by atoms with E-state index < -0.39 is 28.9 Å². The van der Waals surface area contributed by atoms with Gasteiger partial charge in [0, 0.05) is 30.6 Å². The Bertz CT molecular complexity index is 1820. The summed E-state index contributed by atoms with van der Waals surface area (Å²) in [4.78, 5) is 31.5. The smallest absolute Gasteiger partial charge is 0.240 e. The third-order valence-corrected chi connectivity index (χ3v) is 7.82. The van der Waals surface area contributed by atoms with Crippen LogP contribution in [0.4, 0.5) is 14.5 Å². The summed E-state index contributed by atoms with van der Waals surface area (Å²) in [5, 5.41) is 3.23. The Morgan fingerprint density at radius 1 is 1.07 bits per heavy atom. The van der Waals surface area contributed by atoms with Crippen molar-refractivity contribution in [2.24, 2.45) is 17.1 Å². The van der Waals surface area contributed by atoms with E-state index in [0.29, 0.717) is 46.7 Å². The van der Waals surface area contributed by atoms with Crippen molar-refractivity contribution in [3.05, 3.63) is 78.0 Å². The molecule has 6 rings (SSSR count). The number of carbonyl (C=O) groups is 2. The molecule has 4 aromatic rings. The van der Waals surface area contributed by atoms with Crippen molar-refractivity contribution >= 4 is 28.4 Å². The highest BCUT2D eigenvalue weighted by Gasteiger charge is 2.55. The van der Waals surface area contributed by atoms with E-state index in [1.54, 1.807) is 37.4 Å². The first-order chi connectivity index (χ1) is 20.7. The molecule has 2 aliphatic rings. The molecule has 2 heterocycles. The van der Waals surface area contributed by atoms with Gasteiger partial charge in [-0.25, -0.2) is 13.8 Å². The molecule has 2 amide bonds. The van der Waals surface area contributed by atoms with Crippen LogP contribution < -0.4 is 20.5 Å². The molecule has 8 nitrogen and oxygen atoms in total. The normalized spacial score (nSPS) is 15.6. The van der Waals surface area contributed by atoms with Gasteiger partial charge in [-0.3, -0.25) is 9.59 Å². The minimum atomic E-state index is -1.33. The van der Waals surface area contributed by atoms with Gasteiger partial charge in [0.15, 0.2) is 11.6 Å². The maximum Gasteiger partial charge on any atom is 0.240 e. The molecule has 218 valence electrons. The van der Waals surface area contributed by atoms with Crippen LogP contribution in [-0.2, 0) is 9.59 Å². The van der Waals surface area contributed by atoms with Gasteiger partial charge in [0.25, 0.3) is 0 Å². The molecule has 1 aromatic heterocycles. The van der Waals surface area contributed by atoms with Gasteiger partial charge in [0.2, 0.25) is 11.8 Å². The second-order valence-corrected chi connectivity index (χ2v) is 10.9. The Kier molecular flexibility index (Phi) is 7.20. The molecule has 0 atom stereocenters. The lowest BCUT2D eigenvalue weighted by Gasteiger charge is -2.32. The first-order valence-electron chi connectivity index (χ1n) is 13.7. The van der Waals surface area contributed by atoms with Gasteiger partial charge in [0.1, 0.15) is 28.4 Å². The highest BCUT2D eigenvalue weighted by molar-refractivity contribution is 6.13. The number of halogens is 2. The predicted octanol–water partition coefficient (Wildman–Crippen LogP) is 5.10. The molecular formula is C33H28F2N4O4. The summed E-state index contributed by atoms with van der Waals surface area (Å²) in [6.45, 7) is 1.82. The van der Waals surface area contributed by atoms with Crippen LogP contribution in [0.5, 0.6) is 17.2 Å². The van der Waals surface area contributed by atoms with Gasteiger partial charge in [-0.05, 0) is 67.8 Å². The highest BCUT2D eigenvalue weighted by Crippen LogP contribution is 2.47. The third-order valence-electron chi connectivity index (χ3n) is 7.82. The van der Waals surface area contributed by atoms with Crippen molar-refractivity contribution in [2.75, 3.05) is 32.6 Å². The van der Waals surface area contributed by atoms with E-state index in [0.717, 1.165) is 19.2 Å². The topological polar surface area (TPSA) is 107 Å². The number of anilines is 1. The van der Waals surface area contributed by atoms with Gasteiger partial charge in [-0.1, -0.05) is 24.1 Å². The molecule has 43 heavy (non-hydrogen) atoms. The van der Waals surface area contributed by atoms with Crippen molar-refractivity contribution in [2.45, 2.75) is 12.8 Å². The molecule has 0 radical (unpaired) electrons. The summed E-state index contributed by atoms with van der Waals surface area (Å²) < 4.78 is 41.3. The Morgan fingerprint density at radius 2 is 1.81 bits per heavy atom. The lowest BCUT2D eigenvalue weighted by molar-refractivity contribution is -0.132. The number of primary amides is 1. The second-order valence-electron chi connectivity index (χ2n) is 10.9. The number of likely N-dealkylation sites (tertiary alicyclic amines) is 1. The fourth-order valence-corrected chi connectivity index (χ4v) is 5.21. The van der Waals surface area contributed by atoms with Crippen LogP contribution in [0.1, 0.15) is 18.5 Å². The summed E-state index contributed by atoms with van der Waals surface area (Å²) >= 11 is 0. The molecule has 0 unspecified atom stereocenters. The van der Waals surface area contributed by atoms with Crippen molar-refractivity contribution in [1.82, 2.24) is 9.88 Å². The Labute approximate surface area is 246 Å². The number of nitrogens with one attached hydrogen (secondary N) is 1. The fourth-order valence-electron chi connectivity index (χ4n) is 5.21. The molecule has 3 aromatic carbocycles. The van der Waals surface area contributed by atoms with Crippen molar-refractivity contribution < 1.29 is 27.8 Å². The van der Waals surface area contributed by atoms with E-state index in [4.69, 9.17) is 15.2 Å². The molecule has 3 N–H and O–H groups in total. The van der Waals surface area contributed by atoms with E-state index >= 15 is 4.39 Å². The minimum absolute atomic E-state index is 0.0239. The van der Waals surface area contributed by atoms with E-state index in [1.165, 1.54) is 6.07 Å². The average Bonchev–Trinajstić information content (AvgIpc) is 3.80. The van der Waals surface area contributed by atoms with E-state index in [-0.39, 0.29) is 22.7 Å². The number of carbonyl (C=O) groups excluding carboxylic acids is 2. The minimum Gasteiger partial charge on any atom is -0.496 e. The summed E-state index contributed by atoms with van der Waals surface area (Å²) in [6, 6.07) is 15.7. The fraction of sp³-hybridized carbons (Fsp3) is 0.242. The Balaban J connectivity index is 1.32. The third kappa shape index (κ3) is 5.35. The van der Waals surface area contributed by atoms with Crippen LogP contribution in [0.15, 0.2) is 60.7 Å². The number of nitrogens with two attached hydrogens (primary N) is 1. The molecule has 0 spiro atoms. The number of ether oxygens (including phenoxy) is 2. The molecule has 10 heteroatoms. The number of rotatable bonds is 7. The van der Waals surface area contributed by atoms with Crippen molar-refractivity contribution in [3.63, 3.8) is 0 Å². The lowest BCUT2D eigenvalue weighted by atomic mass is 10.0. The van der Waals surface area contributed by atoms with Crippen LogP contribution >= 0.6 is 0 Å². The number of nitrogens with zero attached hydrogens (tertiary/aromatic N) is 2. The summed E-state index contributed by atoms with van der Waals surface area (Å²) in [5.74, 6) is 4.55. The predicted molar refractivity (Wildman–Crippen MR) is 158 cm³/mol. The zero-order valence-electron chi connectivity index (χ0n) is 23.5. The summed E-state index contributed by atoms with van der Waals surface area (Å²) in [7, 11) is 3.61. The van der Waals surface area contributed by atoms with E-state index in [9.17, 15) is 14.0 Å². The Hall–Kier alpha value is -5.01. The molecule has 1 saturated carbocycles. The average molecular weight is 583 g/mol. The highest BCUT2D eigenvalue weighted by atomic mass is 19.2. The van der Waals surface area contributed by atoms with Crippen LogP contribution in [0.25, 0.3) is 22.0 Å². The molecular weight excluding hydrogens is 554 g/mol. The molecule has 1 aliphatic heterocycles. The van der Waals surface area contributed by atoms with E-state index in [2.05, 4.69) is 27.0 Å². The molecule has 1 saturated heterocycles. The number of methoxy groups -OCH3 is 1. The van der Waals surface area contributed by atoms with Gasteiger partial charge in [-0.15, -0.1) is 0 Å². The number of benzene rings is 3. The zero-order valence-corrected chi connectivity index (χ0v) is 23.5. The van der Waals surface area contributed by atoms with Gasteiger partial charge >= 0.3 is 0 Å². The maximum absolute atomic E-state index is 15.1. The van der Waals surface area contributed by atoms with Gasteiger partial charge in [0.05, 0.1) is 23.7 Å². The standard InChI is InChI=1S/C33H28F2N4O4/c1-39-17-19(18-39)6-9-21-16-27(29-24(37-21)4-3-5-26(29)42-2)43-22-10-7-20(8-11-22)28-25(13-12-23(34)30(28)35)38-32(41)33(14-15-33)31(36)40/h3-5,7-8,10-13,16,19H,14-15,17-18H2,1-2H3,(H2,36,40)(H,38,41). The quantitative estimate of drug-likeness (QED) is 0.232. The largest absolute Gasteiger partial charge is 0.496 e. The lowest BCUT2D eigenvalue weighted by Crippen LogP contribution is -2.42. The summed E-state index contributed by atoms with van der Waals surface area (Å²) in [5.41, 5.74) is 5.43. The van der Waals surface area contributed by atoms with Crippen LogP contribution in [0.3, 0.4) is 0 Å². The van der Waals surface area contributed by atoms with Crippen molar-refractivity contribution in [3.8, 4) is 40.2 Å². The van der Waals surface area contributed by atoms with Gasteiger partial charge in [-0.2, -0.15) is 0 Å². The maximum atomic E-state index is 15.1. The first kappa shape index (κ1) is 28.1. The number of aromatic nitrogens is 1. The second kappa shape index (κ2) is 11.0. The number of amides is 2. The van der Waals surface area contributed by atoms with Crippen LogP contribution in [0.2, 0.25) is 0 Å². The van der Waals surface area contributed by atoms with Crippen LogP contribution in [-0.4, -0.2) is 48.9 Å². The van der Waals surface area contributed by atoms with Crippen molar-refractivity contribution in [1.29, 1.82) is 0 Å². The molecule has 1 aliphatic carbocycles. The van der Waals surface area contributed by atoms with Crippen LogP contribution in [0, 0.1) is 34.8 Å². The summed E-state index contributed by atoms with van der Waals surface area (Å²) in [6.07, 6.45) is 0.609. The number of fused-ring (bicyclic) bond motifs is 1. The molecule has 2 fully saturated rings. The van der Waals surface area contributed by atoms with Gasteiger partial charge < -0.3 is 25.4 Å². The number of pyridine rings is 1. The first-order valence-corrected chi connectivity index (χ1v) is 13.7. The number of hydrogen-bond donors (Lipinski definition) is 2. The Morgan fingerprint density at radius 3 is 2.47 bits per heavy atom.